The summed E-state index contributed by atoms with van der Waals surface area (Å²) < 4.78 is 26.5. The first-order chi connectivity index (χ1) is 15.7. The van der Waals surface area contributed by atoms with Gasteiger partial charge >= 0.3 is 0 Å². The van der Waals surface area contributed by atoms with Gasteiger partial charge in [-0.15, -0.1) is 0 Å². The summed E-state index contributed by atoms with van der Waals surface area (Å²) in [5.41, 5.74) is 3.49. The normalized spacial score (nSPS) is 11.9. The maximum atomic E-state index is 11.8. The highest BCUT2D eigenvalue weighted by Crippen LogP contribution is 2.30. The lowest BCUT2D eigenvalue weighted by atomic mass is 10.2. The van der Waals surface area contributed by atoms with Crippen LogP contribution in [0.1, 0.15) is 17.0 Å². The van der Waals surface area contributed by atoms with Crippen LogP contribution in [-0.2, 0) is 16.4 Å². The molecular formula is C25H19BrCl2N2O2S. The number of hydrogen-bond acceptors (Lipinski definition) is 3. The van der Waals surface area contributed by atoms with Crippen molar-refractivity contribution in [3.05, 3.63) is 104 Å². The summed E-state index contributed by atoms with van der Waals surface area (Å²) in [7, 11) is -3.24. The predicted molar refractivity (Wildman–Crippen MR) is 139 cm³/mol. The van der Waals surface area contributed by atoms with Gasteiger partial charge in [0.25, 0.3) is 0 Å². The Morgan fingerprint density at radius 2 is 1.67 bits per heavy atom. The Hall–Kier alpha value is -2.38. The molecule has 168 valence electrons. The van der Waals surface area contributed by atoms with Gasteiger partial charge in [-0.25, -0.2) is 13.4 Å². The van der Waals surface area contributed by atoms with Gasteiger partial charge in [-0.3, -0.25) is 0 Å². The van der Waals surface area contributed by atoms with E-state index in [1.54, 1.807) is 24.3 Å². The zero-order valence-electron chi connectivity index (χ0n) is 17.5. The Balaban J connectivity index is 1.71. The molecule has 3 aromatic carbocycles. The molecular weight excluding hydrogens is 543 g/mol. The fourth-order valence-corrected chi connectivity index (χ4v) is 4.70. The third kappa shape index (κ3) is 5.95. The molecule has 0 aliphatic rings. The minimum Gasteiger partial charge on any atom is -0.326 e. The largest absolute Gasteiger partial charge is 0.326 e. The van der Waals surface area contributed by atoms with E-state index in [1.807, 2.05) is 65.4 Å². The van der Waals surface area contributed by atoms with E-state index >= 15 is 0 Å². The molecule has 0 atom stereocenters. The minimum absolute atomic E-state index is 0.292. The van der Waals surface area contributed by atoms with Gasteiger partial charge in [0.2, 0.25) is 0 Å². The lowest BCUT2D eigenvalue weighted by Crippen LogP contribution is -2.02. The van der Waals surface area contributed by atoms with E-state index in [-0.39, 0.29) is 0 Å². The Labute approximate surface area is 211 Å². The van der Waals surface area contributed by atoms with Gasteiger partial charge in [0, 0.05) is 34.1 Å². The molecule has 0 spiro atoms. The zero-order chi connectivity index (χ0) is 23.6. The van der Waals surface area contributed by atoms with Gasteiger partial charge in [0.05, 0.1) is 15.6 Å². The van der Waals surface area contributed by atoms with Gasteiger partial charge in [-0.1, -0.05) is 69.5 Å². The predicted octanol–water partition coefficient (Wildman–Crippen LogP) is 7.24. The van der Waals surface area contributed by atoms with E-state index in [4.69, 9.17) is 28.2 Å². The van der Waals surface area contributed by atoms with E-state index < -0.39 is 9.84 Å². The average Bonchev–Trinajstić information content (AvgIpc) is 3.15. The van der Waals surface area contributed by atoms with Crippen LogP contribution in [0.5, 0.6) is 0 Å². The van der Waals surface area contributed by atoms with E-state index in [1.165, 1.54) is 6.26 Å². The maximum Gasteiger partial charge on any atom is 0.175 e. The highest BCUT2D eigenvalue weighted by Gasteiger charge is 2.13. The molecule has 4 rings (SSSR count). The number of halogens is 3. The molecule has 0 aliphatic heterocycles. The van der Waals surface area contributed by atoms with Crippen molar-refractivity contribution < 1.29 is 8.42 Å². The van der Waals surface area contributed by atoms with Gasteiger partial charge in [-0.2, -0.15) is 0 Å². The first-order valence-electron chi connectivity index (χ1n) is 9.94. The molecule has 33 heavy (non-hydrogen) atoms. The molecule has 0 saturated heterocycles. The third-order valence-electron chi connectivity index (χ3n) is 5.01. The Morgan fingerprint density at radius 3 is 2.30 bits per heavy atom. The van der Waals surface area contributed by atoms with Crippen molar-refractivity contribution in [2.75, 3.05) is 6.26 Å². The van der Waals surface area contributed by atoms with Gasteiger partial charge < -0.3 is 4.57 Å². The van der Waals surface area contributed by atoms with Crippen molar-refractivity contribution in [1.82, 2.24) is 9.55 Å². The quantitative estimate of drug-likeness (QED) is 0.249. The van der Waals surface area contributed by atoms with Crippen LogP contribution in [0.3, 0.4) is 0 Å². The summed E-state index contributed by atoms with van der Waals surface area (Å²) >= 11 is 15.9. The van der Waals surface area contributed by atoms with Crippen molar-refractivity contribution in [3.8, 4) is 11.3 Å². The van der Waals surface area contributed by atoms with E-state index in [0.717, 1.165) is 32.7 Å². The molecule has 0 radical (unpaired) electrons. The second-order valence-electron chi connectivity index (χ2n) is 7.54. The standard InChI is InChI=1S/C25H19BrCl2N2O2S/c1-33(31,32)21-10-4-18(5-11-21)15-30-16-24(22-12-9-20(27)14-23(22)28)29-25(30)13-6-17-2-7-19(26)8-3-17/h2-14,16H,15H2,1H3/b13-6+. The molecule has 0 aliphatic carbocycles. The second kappa shape index (κ2) is 9.85. The first-order valence-corrected chi connectivity index (χ1v) is 13.4. The van der Waals surface area contributed by atoms with Crippen molar-refractivity contribution in [2.24, 2.45) is 0 Å². The number of benzene rings is 3. The average molecular weight is 562 g/mol. The molecule has 4 nitrogen and oxygen atoms in total. The topological polar surface area (TPSA) is 52.0 Å². The highest BCUT2D eigenvalue weighted by molar-refractivity contribution is 9.10. The molecule has 0 saturated carbocycles. The Bertz CT molecular complexity index is 1430. The number of rotatable bonds is 6. The molecule has 0 fully saturated rings. The summed E-state index contributed by atoms with van der Waals surface area (Å²) in [4.78, 5) is 5.09. The SMILES string of the molecule is CS(=O)(=O)c1ccc(Cn2cc(-c3ccc(Cl)cc3Cl)nc2/C=C/c2ccc(Br)cc2)cc1. The van der Waals surface area contributed by atoms with Crippen LogP contribution >= 0.6 is 39.1 Å². The van der Waals surface area contributed by atoms with Crippen molar-refractivity contribution in [3.63, 3.8) is 0 Å². The van der Waals surface area contributed by atoms with Gasteiger partial charge in [-0.05, 0) is 59.7 Å². The molecule has 0 bridgehead atoms. The Kier molecular flexibility index (Phi) is 7.10. The van der Waals surface area contributed by atoms with Crippen molar-refractivity contribution in [2.45, 2.75) is 11.4 Å². The van der Waals surface area contributed by atoms with Crippen LogP contribution in [0.15, 0.2) is 82.3 Å². The van der Waals surface area contributed by atoms with Crippen LogP contribution < -0.4 is 0 Å². The van der Waals surface area contributed by atoms with Crippen LogP contribution in [-0.4, -0.2) is 24.2 Å². The molecule has 1 aromatic heterocycles. The minimum atomic E-state index is -3.24. The highest BCUT2D eigenvalue weighted by atomic mass is 79.9. The maximum absolute atomic E-state index is 11.8. The summed E-state index contributed by atoms with van der Waals surface area (Å²) in [5.74, 6) is 0.742. The number of hydrogen-bond donors (Lipinski definition) is 0. The van der Waals surface area contributed by atoms with Gasteiger partial charge in [0.15, 0.2) is 9.84 Å². The lowest BCUT2D eigenvalue weighted by Gasteiger charge is -2.07. The summed E-state index contributed by atoms with van der Waals surface area (Å²) in [6.07, 6.45) is 7.07. The van der Waals surface area contributed by atoms with Crippen LogP contribution in [0, 0.1) is 0 Å². The lowest BCUT2D eigenvalue weighted by molar-refractivity contribution is 0.602. The number of aromatic nitrogens is 2. The monoisotopic (exact) mass is 560 g/mol. The number of nitrogens with zero attached hydrogens (tertiary/aromatic N) is 2. The van der Waals surface area contributed by atoms with Gasteiger partial charge in [0.1, 0.15) is 5.82 Å². The first kappa shape index (κ1) is 23.8. The molecule has 0 amide bonds. The number of sulfone groups is 1. The summed E-state index contributed by atoms with van der Waals surface area (Å²) in [6, 6.07) is 20.2. The van der Waals surface area contributed by atoms with Crippen LogP contribution in [0.25, 0.3) is 23.4 Å². The molecule has 4 aromatic rings. The third-order valence-corrected chi connectivity index (χ3v) is 7.22. The van der Waals surface area contributed by atoms with Crippen LogP contribution in [0.2, 0.25) is 10.0 Å². The number of imidazole rings is 1. The van der Waals surface area contributed by atoms with E-state index in [9.17, 15) is 8.42 Å². The zero-order valence-corrected chi connectivity index (χ0v) is 21.5. The fourth-order valence-electron chi connectivity index (χ4n) is 3.30. The van der Waals surface area contributed by atoms with E-state index in [0.29, 0.717) is 21.5 Å². The van der Waals surface area contributed by atoms with Crippen molar-refractivity contribution >= 4 is 61.1 Å². The Morgan fingerprint density at radius 1 is 0.970 bits per heavy atom. The van der Waals surface area contributed by atoms with Crippen molar-refractivity contribution in [1.29, 1.82) is 0 Å². The summed E-state index contributed by atoms with van der Waals surface area (Å²) in [5, 5.41) is 1.08. The molecule has 1 heterocycles. The molecule has 0 unspecified atom stereocenters. The van der Waals surface area contributed by atoms with Crippen LogP contribution in [0.4, 0.5) is 0 Å². The smallest absolute Gasteiger partial charge is 0.175 e. The summed E-state index contributed by atoms with van der Waals surface area (Å²) in [6.45, 7) is 0.516. The van der Waals surface area contributed by atoms with E-state index in [2.05, 4.69) is 15.9 Å². The fraction of sp³-hybridized carbons (Fsp3) is 0.0800. The molecule has 8 heteroatoms. The second-order valence-corrected chi connectivity index (χ2v) is 11.3. The molecule has 0 N–H and O–H groups in total.